The van der Waals surface area contributed by atoms with E-state index in [1.807, 2.05) is 25.1 Å². The van der Waals surface area contributed by atoms with Gasteiger partial charge in [-0.15, -0.1) is 0 Å². The number of rotatable bonds is 4. The molecule has 0 heterocycles. The highest BCUT2D eigenvalue weighted by atomic mass is 15.3. The molecule has 0 bridgehead atoms. The van der Waals surface area contributed by atoms with Gasteiger partial charge in [0.25, 0.3) is 0 Å². The number of nitrogens with one attached hydrogen (secondary N) is 3. The molecule has 0 amide bonds. The molecule has 0 saturated carbocycles. The molecule has 6 nitrogen and oxygen atoms in total. The Kier molecular flexibility index (Phi) is 4.06. The molecular formula is C11H14N6. The Hall–Kier alpha value is -2.55. The predicted molar refractivity (Wildman–Crippen MR) is 69.3 cm³/mol. The molecule has 0 saturated heterocycles. The molecule has 1 aromatic carbocycles. The average Bonchev–Trinajstić information content (AvgIpc) is 2.29. The van der Waals surface area contributed by atoms with Crippen LogP contribution in [0.5, 0.6) is 0 Å². The van der Waals surface area contributed by atoms with Crippen molar-refractivity contribution >= 4 is 22.9 Å². The summed E-state index contributed by atoms with van der Waals surface area (Å²) in [6.45, 7) is 1.96. The van der Waals surface area contributed by atoms with E-state index in [2.05, 4.69) is 15.8 Å². The van der Waals surface area contributed by atoms with Gasteiger partial charge in [-0.2, -0.15) is 10.4 Å². The van der Waals surface area contributed by atoms with Crippen LogP contribution >= 0.6 is 0 Å². The maximum atomic E-state index is 8.70. The van der Waals surface area contributed by atoms with E-state index in [9.17, 15) is 0 Å². The van der Waals surface area contributed by atoms with Crippen molar-refractivity contribution in [3.63, 3.8) is 0 Å². The van der Waals surface area contributed by atoms with Crippen LogP contribution < -0.4 is 16.5 Å². The van der Waals surface area contributed by atoms with E-state index in [0.717, 1.165) is 16.9 Å². The van der Waals surface area contributed by atoms with Gasteiger partial charge in [-0.05, 0) is 18.6 Å². The fourth-order valence-electron chi connectivity index (χ4n) is 1.35. The number of nitrogens with two attached hydrogens (primary N) is 1. The fraction of sp³-hybridized carbons (Fsp3) is 0.182. The maximum absolute atomic E-state index is 8.70. The van der Waals surface area contributed by atoms with Crippen molar-refractivity contribution in [2.24, 2.45) is 10.8 Å². The summed E-state index contributed by atoms with van der Waals surface area (Å²) in [5.74, 6) is -0.362. The third-order valence-electron chi connectivity index (χ3n) is 2.17. The SMILES string of the molecule is CNc1c(C)cccc1N/N=C(\C#N)C(=N)N. The molecule has 0 radical (unpaired) electrons. The summed E-state index contributed by atoms with van der Waals surface area (Å²) in [5.41, 5.74) is 10.4. The molecule has 0 unspecified atom stereocenters. The summed E-state index contributed by atoms with van der Waals surface area (Å²) in [4.78, 5) is 0. The van der Waals surface area contributed by atoms with Gasteiger partial charge >= 0.3 is 0 Å². The number of hydrogen-bond acceptors (Lipinski definition) is 5. The molecule has 6 heteroatoms. The van der Waals surface area contributed by atoms with Crippen LogP contribution in [0.1, 0.15) is 5.56 Å². The van der Waals surface area contributed by atoms with Gasteiger partial charge in [-0.25, -0.2) is 0 Å². The number of nitriles is 1. The van der Waals surface area contributed by atoms with Crippen LogP contribution in [-0.4, -0.2) is 18.6 Å². The van der Waals surface area contributed by atoms with E-state index < -0.39 is 0 Å². The van der Waals surface area contributed by atoms with Gasteiger partial charge in [-0.3, -0.25) is 10.8 Å². The lowest BCUT2D eigenvalue weighted by molar-refractivity contribution is 1.30. The second-order valence-corrected chi connectivity index (χ2v) is 3.35. The molecular weight excluding hydrogens is 216 g/mol. The van der Waals surface area contributed by atoms with Crippen LogP contribution in [0.15, 0.2) is 23.3 Å². The molecule has 0 aliphatic heterocycles. The lowest BCUT2D eigenvalue weighted by atomic mass is 10.2. The fourth-order valence-corrected chi connectivity index (χ4v) is 1.35. The van der Waals surface area contributed by atoms with Gasteiger partial charge in [0.05, 0.1) is 11.4 Å². The predicted octanol–water partition coefficient (Wildman–Crippen LogP) is 1.26. The number of para-hydroxylation sites is 1. The van der Waals surface area contributed by atoms with Crippen LogP contribution in [0.4, 0.5) is 11.4 Å². The minimum atomic E-state index is -0.362. The molecule has 1 rings (SSSR count). The van der Waals surface area contributed by atoms with Gasteiger partial charge in [0.1, 0.15) is 6.07 Å². The topological polar surface area (TPSA) is 110 Å². The number of aryl methyl sites for hydroxylation is 1. The highest BCUT2D eigenvalue weighted by Crippen LogP contribution is 2.24. The summed E-state index contributed by atoms with van der Waals surface area (Å²) in [5, 5.41) is 22.6. The summed E-state index contributed by atoms with van der Waals surface area (Å²) < 4.78 is 0. The molecule has 5 N–H and O–H groups in total. The molecule has 0 aliphatic rings. The van der Waals surface area contributed by atoms with E-state index in [0.29, 0.717) is 0 Å². The molecule has 0 aromatic heterocycles. The second-order valence-electron chi connectivity index (χ2n) is 3.35. The first-order chi connectivity index (χ1) is 8.10. The molecule has 0 atom stereocenters. The van der Waals surface area contributed by atoms with Crippen molar-refractivity contribution in [2.75, 3.05) is 17.8 Å². The molecule has 0 aliphatic carbocycles. The number of benzene rings is 1. The van der Waals surface area contributed by atoms with Crippen LogP contribution in [-0.2, 0) is 0 Å². The van der Waals surface area contributed by atoms with Crippen LogP contribution in [0.2, 0.25) is 0 Å². The Morgan fingerprint density at radius 2 is 2.24 bits per heavy atom. The summed E-state index contributed by atoms with van der Waals surface area (Å²) in [6.07, 6.45) is 0. The largest absolute Gasteiger partial charge is 0.386 e. The Morgan fingerprint density at radius 3 is 2.76 bits per heavy atom. The second kappa shape index (κ2) is 5.51. The smallest absolute Gasteiger partial charge is 0.201 e. The third-order valence-corrected chi connectivity index (χ3v) is 2.17. The summed E-state index contributed by atoms with van der Waals surface area (Å²) in [6, 6.07) is 7.38. The number of hydrogen-bond donors (Lipinski definition) is 4. The molecule has 0 fully saturated rings. The first-order valence-electron chi connectivity index (χ1n) is 4.95. The first-order valence-corrected chi connectivity index (χ1v) is 4.95. The van der Waals surface area contributed by atoms with Gasteiger partial charge in [-0.1, -0.05) is 12.1 Å². The molecule has 0 spiro atoms. The lowest BCUT2D eigenvalue weighted by Crippen LogP contribution is -2.22. The highest BCUT2D eigenvalue weighted by Gasteiger charge is 2.04. The zero-order chi connectivity index (χ0) is 12.8. The van der Waals surface area contributed by atoms with Crippen molar-refractivity contribution in [2.45, 2.75) is 6.92 Å². The number of anilines is 2. The summed E-state index contributed by atoms with van der Waals surface area (Å²) >= 11 is 0. The number of hydrazone groups is 1. The van der Waals surface area contributed by atoms with E-state index in [1.54, 1.807) is 13.1 Å². The lowest BCUT2D eigenvalue weighted by Gasteiger charge is -2.11. The van der Waals surface area contributed by atoms with Gasteiger partial charge in [0, 0.05) is 7.05 Å². The third kappa shape index (κ3) is 2.95. The first kappa shape index (κ1) is 12.5. The van der Waals surface area contributed by atoms with Crippen LogP contribution in [0.3, 0.4) is 0 Å². The van der Waals surface area contributed by atoms with Crippen molar-refractivity contribution in [1.29, 1.82) is 10.7 Å². The Bertz CT molecular complexity index is 497. The van der Waals surface area contributed by atoms with Gasteiger partial charge in [0.2, 0.25) is 5.71 Å². The molecule has 1 aromatic rings. The average molecular weight is 230 g/mol. The van der Waals surface area contributed by atoms with Crippen molar-refractivity contribution in [3.8, 4) is 6.07 Å². The maximum Gasteiger partial charge on any atom is 0.201 e. The molecule has 88 valence electrons. The highest BCUT2D eigenvalue weighted by molar-refractivity contribution is 6.45. The minimum Gasteiger partial charge on any atom is -0.386 e. The van der Waals surface area contributed by atoms with E-state index in [-0.39, 0.29) is 11.5 Å². The monoisotopic (exact) mass is 230 g/mol. The van der Waals surface area contributed by atoms with E-state index in [1.165, 1.54) is 0 Å². The van der Waals surface area contributed by atoms with Crippen molar-refractivity contribution < 1.29 is 0 Å². The zero-order valence-electron chi connectivity index (χ0n) is 9.70. The normalized spacial score (nSPS) is 10.5. The Morgan fingerprint density at radius 1 is 1.53 bits per heavy atom. The number of nitrogens with zero attached hydrogens (tertiary/aromatic N) is 2. The standard InChI is InChI=1S/C11H14N6/c1-7-4-3-5-8(10(7)15-2)16-17-9(6-12)11(13)14/h3-5,15-16H,1-2H3,(H3,13,14)/b17-9+. The molecule has 17 heavy (non-hydrogen) atoms. The van der Waals surface area contributed by atoms with E-state index in [4.69, 9.17) is 16.4 Å². The van der Waals surface area contributed by atoms with Crippen LogP contribution in [0, 0.1) is 23.7 Å². The van der Waals surface area contributed by atoms with Crippen LogP contribution in [0.25, 0.3) is 0 Å². The van der Waals surface area contributed by atoms with Crippen molar-refractivity contribution in [3.05, 3.63) is 23.8 Å². The van der Waals surface area contributed by atoms with Crippen molar-refractivity contribution in [1.82, 2.24) is 0 Å². The van der Waals surface area contributed by atoms with E-state index >= 15 is 0 Å². The Balaban J connectivity index is 3.01. The Labute approximate surface area is 99.6 Å². The van der Waals surface area contributed by atoms with Gasteiger partial charge in [0.15, 0.2) is 5.84 Å². The quantitative estimate of drug-likeness (QED) is 0.354. The zero-order valence-corrected chi connectivity index (χ0v) is 9.70. The summed E-state index contributed by atoms with van der Waals surface area (Å²) in [7, 11) is 1.80. The van der Waals surface area contributed by atoms with Gasteiger partial charge < -0.3 is 11.1 Å². The number of amidine groups is 1. The minimum absolute atomic E-state index is 0.145.